The van der Waals surface area contributed by atoms with Crippen molar-refractivity contribution in [3.05, 3.63) is 84.1 Å². The van der Waals surface area contributed by atoms with Crippen LogP contribution in [0, 0.1) is 11.6 Å². The Morgan fingerprint density at radius 3 is 2.52 bits per heavy atom. The van der Waals surface area contributed by atoms with Gasteiger partial charge in [0.25, 0.3) is 0 Å². The molecule has 13 nitrogen and oxygen atoms in total. The van der Waals surface area contributed by atoms with E-state index in [1.165, 1.54) is 6.07 Å². The third kappa shape index (κ3) is 6.21. The summed E-state index contributed by atoms with van der Waals surface area (Å²) < 4.78 is 49.9. The first kappa shape index (κ1) is 31.3. The van der Waals surface area contributed by atoms with Gasteiger partial charge in [-0.25, -0.2) is 13.8 Å². The Bertz CT molecular complexity index is 2010. The van der Waals surface area contributed by atoms with Crippen LogP contribution in [-0.4, -0.2) is 79.4 Å². The summed E-state index contributed by atoms with van der Waals surface area (Å²) in [7, 11) is 1.62. The molecule has 0 N–H and O–H groups in total. The minimum Gasteiger partial charge on any atom is -0.497 e. The van der Waals surface area contributed by atoms with E-state index in [1.807, 2.05) is 42.2 Å². The first-order valence-corrected chi connectivity index (χ1v) is 15.7. The van der Waals surface area contributed by atoms with E-state index in [9.17, 15) is 4.39 Å². The highest BCUT2D eigenvalue weighted by atomic mass is 19.2. The minimum atomic E-state index is -1.01. The van der Waals surface area contributed by atoms with Crippen LogP contribution in [0.5, 0.6) is 5.75 Å². The molecular weight excluding hydrogens is 622 g/mol. The number of benzene rings is 2. The molecule has 2 aromatic carbocycles. The maximum atomic E-state index is 15.1. The topological polar surface area (TPSA) is 121 Å². The van der Waals surface area contributed by atoms with Crippen LogP contribution in [0.2, 0.25) is 0 Å². The molecule has 248 valence electrons. The van der Waals surface area contributed by atoms with Gasteiger partial charge in [-0.15, -0.1) is 0 Å². The van der Waals surface area contributed by atoms with E-state index in [2.05, 4.69) is 20.1 Å². The predicted octanol–water partition coefficient (Wildman–Crippen LogP) is 4.65. The average Bonchev–Trinajstić information content (AvgIpc) is 3.72. The number of fused-ring (bicyclic) bond motifs is 2. The van der Waals surface area contributed by atoms with E-state index < -0.39 is 11.6 Å². The van der Waals surface area contributed by atoms with E-state index in [1.54, 1.807) is 34.8 Å². The third-order valence-corrected chi connectivity index (χ3v) is 8.14. The van der Waals surface area contributed by atoms with Crippen molar-refractivity contribution in [3.8, 4) is 16.9 Å². The smallest absolute Gasteiger partial charge is 0.232 e. The van der Waals surface area contributed by atoms with E-state index in [4.69, 9.17) is 29.3 Å². The van der Waals surface area contributed by atoms with Crippen molar-refractivity contribution in [2.75, 3.05) is 49.8 Å². The van der Waals surface area contributed by atoms with Gasteiger partial charge in [0.05, 0.1) is 51.0 Å². The summed E-state index contributed by atoms with van der Waals surface area (Å²) in [6.07, 6.45) is 5.80. The molecule has 0 atom stereocenters. The maximum Gasteiger partial charge on any atom is 0.232 e. The molecule has 0 bridgehead atoms. The Labute approximate surface area is 274 Å². The summed E-state index contributed by atoms with van der Waals surface area (Å²) in [6.45, 7) is 5.44. The van der Waals surface area contributed by atoms with Gasteiger partial charge >= 0.3 is 0 Å². The molecule has 0 radical (unpaired) electrons. The van der Waals surface area contributed by atoms with Crippen molar-refractivity contribution >= 4 is 28.6 Å². The Morgan fingerprint density at radius 2 is 1.77 bits per heavy atom. The molecule has 6 aromatic rings. The third-order valence-electron chi connectivity index (χ3n) is 8.14. The van der Waals surface area contributed by atoms with E-state index >= 15 is 4.39 Å². The monoisotopic (exact) mass is 656 g/mol. The number of hydrogen-bond acceptors (Lipinski definition) is 11. The molecule has 1 aliphatic heterocycles. The molecule has 15 heteroatoms. The van der Waals surface area contributed by atoms with E-state index in [-0.39, 0.29) is 18.8 Å². The number of methoxy groups -OCH3 is 1. The molecule has 0 unspecified atom stereocenters. The van der Waals surface area contributed by atoms with Crippen molar-refractivity contribution in [1.29, 1.82) is 0 Å². The van der Waals surface area contributed by atoms with Crippen molar-refractivity contribution in [3.63, 3.8) is 0 Å². The largest absolute Gasteiger partial charge is 0.497 e. The Hall–Kier alpha value is -5.28. The van der Waals surface area contributed by atoms with Crippen molar-refractivity contribution < 1.29 is 23.0 Å². The van der Waals surface area contributed by atoms with Gasteiger partial charge < -0.3 is 28.6 Å². The second kappa shape index (κ2) is 13.8. The zero-order valence-corrected chi connectivity index (χ0v) is 26.6. The molecule has 0 amide bonds. The fourth-order valence-electron chi connectivity index (χ4n) is 5.68. The number of morpholine rings is 1. The van der Waals surface area contributed by atoms with Gasteiger partial charge in [0.2, 0.25) is 11.9 Å². The van der Waals surface area contributed by atoms with Gasteiger partial charge in [-0.2, -0.15) is 29.8 Å². The van der Waals surface area contributed by atoms with Crippen LogP contribution in [0.1, 0.15) is 24.7 Å². The quantitative estimate of drug-likeness (QED) is 0.171. The molecule has 1 aliphatic rings. The van der Waals surface area contributed by atoms with Crippen LogP contribution in [0.15, 0.2) is 61.1 Å². The highest BCUT2D eigenvalue weighted by Crippen LogP contribution is 2.30. The number of halogens is 2. The highest BCUT2D eigenvalue weighted by molar-refractivity contribution is 5.78. The fraction of sp³-hybridized carbons (Fsp3) is 0.333. The molecule has 48 heavy (non-hydrogen) atoms. The zero-order chi connectivity index (χ0) is 33.0. The summed E-state index contributed by atoms with van der Waals surface area (Å²) in [6, 6.07) is 12.2. The number of aromatic nitrogens is 8. The van der Waals surface area contributed by atoms with Crippen LogP contribution >= 0.6 is 0 Å². The van der Waals surface area contributed by atoms with Gasteiger partial charge in [-0.1, -0.05) is 19.1 Å². The second-order valence-electron chi connectivity index (χ2n) is 11.3. The molecule has 0 aliphatic carbocycles. The van der Waals surface area contributed by atoms with Gasteiger partial charge in [-0.3, -0.25) is 0 Å². The summed E-state index contributed by atoms with van der Waals surface area (Å²) in [5.74, 6) is 0.198. The van der Waals surface area contributed by atoms with Crippen LogP contribution < -0.4 is 14.5 Å². The fourth-order valence-corrected chi connectivity index (χ4v) is 5.68. The lowest BCUT2D eigenvalue weighted by molar-refractivity contribution is 0.0781. The lowest BCUT2D eigenvalue weighted by atomic mass is 10.2. The van der Waals surface area contributed by atoms with Crippen LogP contribution in [0.4, 0.5) is 20.7 Å². The highest BCUT2D eigenvalue weighted by Gasteiger charge is 2.26. The average molecular weight is 657 g/mol. The van der Waals surface area contributed by atoms with Crippen molar-refractivity contribution in [1.82, 2.24) is 39.3 Å². The zero-order valence-electron chi connectivity index (χ0n) is 26.6. The van der Waals surface area contributed by atoms with E-state index in [0.717, 1.165) is 34.9 Å². The van der Waals surface area contributed by atoms with Crippen LogP contribution in [0.3, 0.4) is 0 Å². The maximum absolute atomic E-state index is 15.1. The van der Waals surface area contributed by atoms with Crippen LogP contribution in [-0.2, 0) is 29.3 Å². The van der Waals surface area contributed by atoms with Crippen LogP contribution in [0.25, 0.3) is 27.8 Å². The Kier molecular flexibility index (Phi) is 9.03. The minimum absolute atomic E-state index is 0.0668. The van der Waals surface area contributed by atoms with Crippen molar-refractivity contribution in [2.24, 2.45) is 0 Å². The number of rotatable bonds is 12. The molecule has 0 spiro atoms. The van der Waals surface area contributed by atoms with Gasteiger partial charge in [-0.05, 0) is 42.3 Å². The van der Waals surface area contributed by atoms with Gasteiger partial charge in [0, 0.05) is 37.4 Å². The number of nitrogens with zero attached hydrogens (tertiary/aromatic N) is 10. The first-order chi connectivity index (χ1) is 23.5. The molecule has 7 rings (SSSR count). The molecule has 5 heterocycles. The van der Waals surface area contributed by atoms with E-state index in [0.29, 0.717) is 68.3 Å². The van der Waals surface area contributed by atoms with Gasteiger partial charge in [0.1, 0.15) is 23.8 Å². The summed E-state index contributed by atoms with van der Waals surface area (Å²) in [5, 5.41) is 12.7. The SMILES string of the molecule is CCCOCn1c(CN(Cc2ccc(OC)cc2)c2nc(N3CCOCC3)nc3c(-c4ccnnc4)cnn23)nc2c(F)c(F)ccc21. The second-order valence-corrected chi connectivity index (χ2v) is 11.3. The number of anilines is 2. The first-order valence-electron chi connectivity index (χ1n) is 15.7. The summed E-state index contributed by atoms with van der Waals surface area (Å²) >= 11 is 0. The molecule has 1 fully saturated rings. The molecule has 1 saturated heterocycles. The predicted molar refractivity (Wildman–Crippen MR) is 174 cm³/mol. The normalized spacial score (nSPS) is 13.5. The molecule has 0 saturated carbocycles. The summed E-state index contributed by atoms with van der Waals surface area (Å²) in [4.78, 5) is 18.7. The molecular formula is C33H34F2N10O3. The number of imidazole rings is 1. The van der Waals surface area contributed by atoms with Gasteiger partial charge in [0.15, 0.2) is 17.3 Å². The lowest BCUT2D eigenvalue weighted by Crippen LogP contribution is -2.38. The lowest BCUT2D eigenvalue weighted by Gasteiger charge is -2.29. The number of hydrogen-bond donors (Lipinski definition) is 0. The Balaban J connectivity index is 1.40. The Morgan fingerprint density at radius 1 is 0.938 bits per heavy atom. The standard InChI is InChI=1S/C33H34F2N10O3/c1-3-14-48-21-44-27-9-8-26(34)29(35)30(27)39-28(44)20-43(19-22-4-6-24(46-2)7-5-22)33-41-32(42-12-15-47-16-13-42)40-31-25(18-38-45(31)33)23-10-11-36-37-17-23/h4-11,17-18H,3,12-16,19-21H2,1-2H3. The molecule has 4 aromatic heterocycles. The van der Waals surface area contributed by atoms with Crippen molar-refractivity contribution in [2.45, 2.75) is 33.2 Å². The summed E-state index contributed by atoms with van der Waals surface area (Å²) in [5.41, 5.74) is 3.43. The number of ether oxygens (including phenoxy) is 3.